The van der Waals surface area contributed by atoms with E-state index in [9.17, 15) is 4.79 Å². The fraction of sp³-hybridized carbons (Fsp3) is 0.680. The summed E-state index contributed by atoms with van der Waals surface area (Å²) >= 11 is 0. The van der Waals surface area contributed by atoms with Gasteiger partial charge in [-0.3, -0.25) is 4.57 Å². The molecule has 4 atom stereocenters. The van der Waals surface area contributed by atoms with Crippen molar-refractivity contribution >= 4 is 30.4 Å². The maximum absolute atomic E-state index is 13.3. The van der Waals surface area contributed by atoms with Gasteiger partial charge in [-0.2, -0.15) is 0 Å². The molecule has 32 heavy (non-hydrogen) atoms. The first-order valence-electron chi connectivity index (χ1n) is 12.5. The van der Waals surface area contributed by atoms with Gasteiger partial charge in [0.25, 0.3) is 0 Å². The molecule has 0 saturated heterocycles. The Kier molecular flexibility index (Phi) is 5.40. The van der Waals surface area contributed by atoms with Crippen molar-refractivity contribution in [2.75, 3.05) is 6.61 Å². The molecule has 6 nitrogen and oxygen atoms in total. The molecule has 2 saturated carbocycles. The Morgan fingerprint density at radius 1 is 1.12 bits per heavy atom. The lowest BCUT2D eigenvalue weighted by atomic mass is 9.84. The van der Waals surface area contributed by atoms with Gasteiger partial charge in [-0.25, -0.2) is 9.78 Å². The molecule has 2 bridgehead atoms. The van der Waals surface area contributed by atoms with Crippen LogP contribution in [-0.2, 0) is 4.43 Å². The number of hydrogen-bond donors (Lipinski definition) is 2. The third-order valence-corrected chi connectivity index (χ3v) is 14.9. The molecule has 7 heteroatoms. The minimum absolute atomic E-state index is 0.00173. The first-order chi connectivity index (χ1) is 15.3. The summed E-state index contributed by atoms with van der Waals surface area (Å²) in [6.45, 7) is 14.9. The Balaban J connectivity index is 1.56. The van der Waals surface area contributed by atoms with Crippen molar-refractivity contribution in [3.05, 3.63) is 28.9 Å². The Hall–Kier alpha value is -1.86. The molecule has 2 aliphatic rings. The van der Waals surface area contributed by atoms with Gasteiger partial charge in [0.15, 0.2) is 8.32 Å². The number of rotatable bonds is 7. The van der Waals surface area contributed by atoms with Crippen molar-refractivity contribution in [3.63, 3.8) is 0 Å². The van der Waals surface area contributed by atoms with Crippen molar-refractivity contribution in [1.29, 1.82) is 0 Å². The first kappa shape index (κ1) is 22.0. The zero-order valence-corrected chi connectivity index (χ0v) is 21.3. The number of aromatic amines is 2. The second-order valence-electron chi connectivity index (χ2n) is 11.2. The molecule has 2 aliphatic carbocycles. The maximum atomic E-state index is 13.3. The Morgan fingerprint density at radius 2 is 1.81 bits per heavy atom. The van der Waals surface area contributed by atoms with Crippen LogP contribution in [0.15, 0.2) is 23.3 Å². The third-order valence-electron chi connectivity index (χ3n) is 8.83. The van der Waals surface area contributed by atoms with Gasteiger partial charge in [0.2, 0.25) is 0 Å². The molecular weight excluding hydrogens is 416 g/mol. The number of nitrogens with zero attached hydrogens (tertiary/aromatic N) is 2. The predicted molar refractivity (Wildman–Crippen MR) is 133 cm³/mol. The minimum Gasteiger partial charge on any atom is -0.416 e. The molecule has 3 aromatic heterocycles. The molecule has 2 N–H and O–H groups in total. The molecule has 0 amide bonds. The van der Waals surface area contributed by atoms with Crippen LogP contribution in [-0.4, -0.2) is 34.4 Å². The van der Waals surface area contributed by atoms with E-state index in [-0.39, 0.29) is 11.7 Å². The summed E-state index contributed by atoms with van der Waals surface area (Å²) in [5.41, 5.74) is 4.39. The van der Waals surface area contributed by atoms with Crippen molar-refractivity contribution in [1.82, 2.24) is 19.5 Å². The second kappa shape index (κ2) is 7.87. The molecule has 174 valence electrons. The average molecular weight is 455 g/mol. The molecule has 0 aliphatic heterocycles. The van der Waals surface area contributed by atoms with Crippen molar-refractivity contribution in [2.45, 2.75) is 83.5 Å². The van der Waals surface area contributed by atoms with E-state index < -0.39 is 8.32 Å². The highest BCUT2D eigenvalue weighted by Gasteiger charge is 2.52. The number of aromatic nitrogens is 4. The molecule has 1 unspecified atom stereocenters. The Bertz CT molecular complexity index is 1150. The van der Waals surface area contributed by atoms with Crippen LogP contribution in [0.5, 0.6) is 0 Å². The number of imidazole rings is 1. The van der Waals surface area contributed by atoms with Gasteiger partial charge < -0.3 is 14.4 Å². The monoisotopic (exact) mass is 454 g/mol. The van der Waals surface area contributed by atoms with Crippen LogP contribution in [0.4, 0.5) is 0 Å². The third kappa shape index (κ3) is 3.07. The van der Waals surface area contributed by atoms with Gasteiger partial charge in [0.05, 0.1) is 17.2 Å². The van der Waals surface area contributed by atoms with E-state index in [0.29, 0.717) is 34.4 Å². The van der Waals surface area contributed by atoms with Crippen LogP contribution >= 0.6 is 0 Å². The van der Waals surface area contributed by atoms with Gasteiger partial charge in [0, 0.05) is 30.1 Å². The highest BCUT2D eigenvalue weighted by Crippen LogP contribution is 2.56. The van der Waals surface area contributed by atoms with Gasteiger partial charge in [-0.05, 0) is 53.8 Å². The SMILES string of the molecule is CC(C)[Si](OC[C@@H]1[C@@H]2CCC(C2)[C@@H]1n1c(=O)[nH]c2cnc3[nH]ccc3c21)(C(C)C)C(C)C. The van der Waals surface area contributed by atoms with Gasteiger partial charge >= 0.3 is 5.69 Å². The van der Waals surface area contributed by atoms with Crippen LogP contribution in [0.1, 0.15) is 66.8 Å². The van der Waals surface area contributed by atoms with Gasteiger partial charge in [-0.15, -0.1) is 0 Å². The second-order valence-corrected chi connectivity index (χ2v) is 16.6. The predicted octanol–water partition coefficient (Wildman–Crippen LogP) is 5.99. The van der Waals surface area contributed by atoms with Crippen molar-refractivity contribution in [3.8, 4) is 0 Å². The lowest BCUT2D eigenvalue weighted by Crippen LogP contribution is -2.49. The molecule has 0 spiro atoms. The summed E-state index contributed by atoms with van der Waals surface area (Å²) in [5.74, 6) is 1.61. The summed E-state index contributed by atoms with van der Waals surface area (Å²) in [6, 6.07) is 2.25. The zero-order chi connectivity index (χ0) is 22.8. The van der Waals surface area contributed by atoms with E-state index in [4.69, 9.17) is 4.43 Å². The summed E-state index contributed by atoms with van der Waals surface area (Å²) < 4.78 is 9.18. The van der Waals surface area contributed by atoms with E-state index in [1.54, 1.807) is 6.20 Å². The molecule has 5 rings (SSSR count). The molecule has 3 aromatic rings. The molecule has 0 radical (unpaired) electrons. The Labute approximate surface area is 191 Å². The standard InChI is InChI=1S/C25H38N4O2Si/c1-14(2)32(15(3)4,16(5)6)31-13-20-17-7-8-18(11-17)22(20)29-23-19-9-10-26-24(19)27-12-21(23)28-25(29)30/h9-10,12,14-18,20,22H,7-8,11,13H2,1-6H3,(H,26,27)(H,28,30)/t17-,18?,20-,22+/m1/s1. The van der Waals surface area contributed by atoms with Crippen LogP contribution in [0.3, 0.4) is 0 Å². The summed E-state index contributed by atoms with van der Waals surface area (Å²) in [7, 11) is -1.95. The molecular formula is C25H38N4O2Si. The minimum atomic E-state index is -1.95. The summed E-state index contributed by atoms with van der Waals surface area (Å²) in [5, 5.41) is 1.03. The zero-order valence-electron chi connectivity index (χ0n) is 20.3. The molecule has 0 aromatic carbocycles. The fourth-order valence-corrected chi connectivity index (χ4v) is 13.1. The lowest BCUT2D eigenvalue weighted by molar-refractivity contribution is 0.130. The first-order valence-corrected chi connectivity index (χ1v) is 14.6. The number of pyridine rings is 1. The van der Waals surface area contributed by atoms with E-state index in [0.717, 1.165) is 28.7 Å². The van der Waals surface area contributed by atoms with E-state index in [2.05, 4.69) is 61.1 Å². The van der Waals surface area contributed by atoms with Crippen LogP contribution in [0.2, 0.25) is 16.6 Å². The summed E-state index contributed by atoms with van der Waals surface area (Å²) in [4.78, 5) is 24.1. The maximum Gasteiger partial charge on any atom is 0.326 e. The smallest absolute Gasteiger partial charge is 0.326 e. The summed E-state index contributed by atoms with van der Waals surface area (Å²) in [6.07, 6.45) is 7.41. The Morgan fingerprint density at radius 3 is 2.50 bits per heavy atom. The van der Waals surface area contributed by atoms with Crippen LogP contribution < -0.4 is 5.69 Å². The van der Waals surface area contributed by atoms with Crippen LogP contribution in [0.25, 0.3) is 22.1 Å². The van der Waals surface area contributed by atoms with E-state index >= 15 is 0 Å². The average Bonchev–Trinajstić information content (AvgIpc) is 3.49. The lowest BCUT2D eigenvalue weighted by Gasteiger charge is -2.44. The number of H-pyrrole nitrogens is 2. The largest absolute Gasteiger partial charge is 0.416 e. The number of fused-ring (bicyclic) bond motifs is 5. The van der Waals surface area contributed by atoms with Crippen molar-refractivity contribution < 1.29 is 4.43 Å². The highest BCUT2D eigenvalue weighted by atomic mass is 28.4. The topological polar surface area (TPSA) is 75.7 Å². The molecule has 2 fully saturated rings. The normalized spacial score (nSPS) is 26.0. The number of nitrogens with one attached hydrogen (secondary N) is 2. The van der Waals surface area contributed by atoms with Gasteiger partial charge in [0.1, 0.15) is 5.65 Å². The van der Waals surface area contributed by atoms with E-state index in [1.807, 2.05) is 12.3 Å². The van der Waals surface area contributed by atoms with Crippen molar-refractivity contribution in [2.24, 2.45) is 17.8 Å². The molecule has 3 heterocycles. The highest BCUT2D eigenvalue weighted by molar-refractivity contribution is 6.77. The van der Waals surface area contributed by atoms with Crippen LogP contribution in [0, 0.1) is 17.8 Å². The fourth-order valence-electron chi connectivity index (χ4n) is 7.66. The quantitative estimate of drug-likeness (QED) is 0.431. The van der Waals surface area contributed by atoms with E-state index in [1.165, 1.54) is 19.3 Å². The van der Waals surface area contributed by atoms with Gasteiger partial charge in [-0.1, -0.05) is 41.5 Å². The number of hydrogen-bond acceptors (Lipinski definition) is 3.